The smallest absolute Gasteiger partial charge is 0.303 e. The molecular weight excluding hydrogens is 270 g/mol. The van der Waals surface area contributed by atoms with Crippen LogP contribution in [0, 0.1) is 0 Å². The highest BCUT2D eigenvalue weighted by Crippen LogP contribution is 2.22. The summed E-state index contributed by atoms with van der Waals surface area (Å²) >= 11 is 5.67. The lowest BCUT2D eigenvalue weighted by Gasteiger charge is -2.20. The van der Waals surface area contributed by atoms with E-state index in [2.05, 4.69) is 0 Å². The number of imide groups is 1. The van der Waals surface area contributed by atoms with Crippen LogP contribution in [0.1, 0.15) is 27.6 Å². The van der Waals surface area contributed by atoms with Crippen LogP contribution in [0.3, 0.4) is 0 Å². The number of hydrogen-bond donors (Lipinski definition) is 0. The molecule has 19 heavy (non-hydrogen) atoms. The van der Waals surface area contributed by atoms with Crippen molar-refractivity contribution < 1.29 is 19.1 Å². The van der Waals surface area contributed by atoms with Crippen LogP contribution in [0.5, 0.6) is 0 Å². The molecule has 0 aromatic heterocycles. The van der Waals surface area contributed by atoms with Gasteiger partial charge in [0.1, 0.15) is 6.10 Å². The van der Waals surface area contributed by atoms with Crippen molar-refractivity contribution in [3.05, 3.63) is 35.4 Å². The van der Waals surface area contributed by atoms with Gasteiger partial charge in [-0.25, -0.2) is 0 Å². The first-order valence-corrected chi connectivity index (χ1v) is 6.26. The molecule has 2 rings (SSSR count). The van der Waals surface area contributed by atoms with Crippen LogP contribution in [0.2, 0.25) is 0 Å². The van der Waals surface area contributed by atoms with Crippen LogP contribution in [0.4, 0.5) is 0 Å². The monoisotopic (exact) mass is 281 g/mol. The van der Waals surface area contributed by atoms with Gasteiger partial charge in [0, 0.05) is 6.92 Å². The molecule has 2 amide bonds. The van der Waals surface area contributed by atoms with Crippen molar-refractivity contribution in [1.82, 2.24) is 4.90 Å². The van der Waals surface area contributed by atoms with Gasteiger partial charge in [-0.3, -0.25) is 19.3 Å². The molecule has 1 heterocycles. The number of nitrogens with zero attached hydrogens (tertiary/aromatic N) is 1. The van der Waals surface area contributed by atoms with E-state index in [9.17, 15) is 14.4 Å². The van der Waals surface area contributed by atoms with Gasteiger partial charge in [0.2, 0.25) is 0 Å². The van der Waals surface area contributed by atoms with E-state index in [-0.39, 0.29) is 24.2 Å². The predicted octanol–water partition coefficient (Wildman–Crippen LogP) is 1.45. The quantitative estimate of drug-likeness (QED) is 0.476. The molecule has 0 saturated carbocycles. The molecule has 0 aliphatic carbocycles. The third-order valence-electron chi connectivity index (χ3n) is 2.77. The first-order valence-electron chi connectivity index (χ1n) is 5.73. The van der Waals surface area contributed by atoms with E-state index in [1.165, 1.54) is 6.92 Å². The van der Waals surface area contributed by atoms with Crippen LogP contribution < -0.4 is 0 Å². The number of benzene rings is 1. The van der Waals surface area contributed by atoms with Crippen LogP contribution in [0.25, 0.3) is 0 Å². The molecule has 0 unspecified atom stereocenters. The van der Waals surface area contributed by atoms with Gasteiger partial charge in [-0.05, 0) is 12.1 Å². The summed E-state index contributed by atoms with van der Waals surface area (Å²) in [4.78, 5) is 36.1. The van der Waals surface area contributed by atoms with Gasteiger partial charge in [-0.15, -0.1) is 11.6 Å². The fourth-order valence-electron chi connectivity index (χ4n) is 1.96. The van der Waals surface area contributed by atoms with Crippen molar-refractivity contribution in [2.45, 2.75) is 13.0 Å². The Kier molecular flexibility index (Phi) is 3.85. The molecule has 100 valence electrons. The van der Waals surface area contributed by atoms with E-state index in [0.717, 1.165) is 4.90 Å². The molecule has 0 bridgehead atoms. The molecule has 6 heteroatoms. The van der Waals surface area contributed by atoms with E-state index in [1.54, 1.807) is 24.3 Å². The fraction of sp³-hybridized carbons (Fsp3) is 0.308. The van der Waals surface area contributed by atoms with E-state index in [0.29, 0.717) is 11.1 Å². The normalized spacial score (nSPS) is 15.4. The minimum atomic E-state index is -0.693. The van der Waals surface area contributed by atoms with Gasteiger partial charge in [0.15, 0.2) is 0 Å². The van der Waals surface area contributed by atoms with Gasteiger partial charge in [-0.2, -0.15) is 0 Å². The molecular formula is C13H12ClNO4. The number of carbonyl (C=O) groups excluding carboxylic acids is 3. The molecule has 0 saturated heterocycles. The first-order chi connectivity index (χ1) is 9.04. The van der Waals surface area contributed by atoms with Crippen LogP contribution in [-0.4, -0.2) is 41.2 Å². The molecule has 1 atom stereocenters. The Balaban J connectivity index is 2.17. The lowest BCUT2D eigenvalue weighted by atomic mass is 10.1. The third kappa shape index (κ3) is 2.61. The Morgan fingerprint density at radius 3 is 2.21 bits per heavy atom. The van der Waals surface area contributed by atoms with E-state index in [1.807, 2.05) is 0 Å². The molecule has 1 aliphatic rings. The van der Waals surface area contributed by atoms with Gasteiger partial charge in [0.25, 0.3) is 11.8 Å². The molecule has 1 aromatic rings. The second kappa shape index (κ2) is 5.40. The maximum atomic E-state index is 12.1. The Morgan fingerprint density at radius 2 is 1.79 bits per heavy atom. The fourth-order valence-corrected chi connectivity index (χ4v) is 2.12. The lowest BCUT2D eigenvalue weighted by Crippen LogP contribution is -2.39. The molecule has 1 aliphatic heterocycles. The maximum absolute atomic E-state index is 12.1. The van der Waals surface area contributed by atoms with E-state index >= 15 is 0 Å². The van der Waals surface area contributed by atoms with Crippen LogP contribution in [-0.2, 0) is 9.53 Å². The minimum Gasteiger partial charge on any atom is -0.459 e. The summed E-state index contributed by atoms with van der Waals surface area (Å²) in [6, 6.07) is 6.57. The molecule has 0 N–H and O–H groups in total. The summed E-state index contributed by atoms with van der Waals surface area (Å²) in [6.45, 7) is 1.22. The predicted molar refractivity (Wildman–Crippen MR) is 68.1 cm³/mol. The highest BCUT2D eigenvalue weighted by Gasteiger charge is 2.36. The summed E-state index contributed by atoms with van der Waals surface area (Å²) in [5.74, 6) is -1.25. The third-order valence-corrected chi connectivity index (χ3v) is 3.11. The number of carbonyl (C=O) groups is 3. The van der Waals surface area contributed by atoms with Crippen molar-refractivity contribution in [1.29, 1.82) is 0 Å². The highest BCUT2D eigenvalue weighted by atomic mass is 35.5. The topological polar surface area (TPSA) is 63.7 Å². The highest BCUT2D eigenvalue weighted by molar-refractivity contribution is 6.21. The van der Waals surface area contributed by atoms with Crippen LogP contribution >= 0.6 is 11.6 Å². The Morgan fingerprint density at radius 1 is 1.26 bits per heavy atom. The molecule has 1 aromatic carbocycles. The Hall–Kier alpha value is -1.88. The van der Waals surface area contributed by atoms with Gasteiger partial charge >= 0.3 is 5.97 Å². The van der Waals surface area contributed by atoms with Crippen molar-refractivity contribution in [2.75, 3.05) is 12.4 Å². The largest absolute Gasteiger partial charge is 0.459 e. The SMILES string of the molecule is CC(=O)O[C@H](CCl)CN1C(=O)c2ccccc2C1=O. The summed E-state index contributed by atoms with van der Waals surface area (Å²) in [5.41, 5.74) is 0.729. The molecule has 5 nitrogen and oxygen atoms in total. The summed E-state index contributed by atoms with van der Waals surface area (Å²) in [6.07, 6.45) is -0.693. The molecule has 0 fully saturated rings. The number of hydrogen-bond acceptors (Lipinski definition) is 4. The Bertz CT molecular complexity index is 508. The van der Waals surface area contributed by atoms with Crippen molar-refractivity contribution >= 4 is 29.4 Å². The molecule has 0 radical (unpaired) electrons. The zero-order chi connectivity index (χ0) is 14.0. The number of amides is 2. The van der Waals surface area contributed by atoms with E-state index < -0.39 is 12.1 Å². The van der Waals surface area contributed by atoms with Gasteiger partial charge < -0.3 is 4.74 Å². The van der Waals surface area contributed by atoms with Crippen molar-refractivity contribution in [2.24, 2.45) is 0 Å². The maximum Gasteiger partial charge on any atom is 0.303 e. The van der Waals surface area contributed by atoms with Crippen molar-refractivity contribution in [3.8, 4) is 0 Å². The first kappa shape index (κ1) is 13.5. The van der Waals surface area contributed by atoms with E-state index in [4.69, 9.17) is 16.3 Å². The summed E-state index contributed by atoms with van der Waals surface area (Å²) in [5, 5.41) is 0. The number of ether oxygens (including phenoxy) is 1. The molecule has 0 spiro atoms. The average molecular weight is 282 g/mol. The number of halogens is 1. The average Bonchev–Trinajstić information content (AvgIpc) is 2.63. The van der Waals surface area contributed by atoms with Crippen molar-refractivity contribution in [3.63, 3.8) is 0 Å². The number of rotatable bonds is 4. The van der Waals surface area contributed by atoms with Gasteiger partial charge in [0.05, 0.1) is 23.6 Å². The lowest BCUT2D eigenvalue weighted by molar-refractivity contribution is -0.145. The zero-order valence-electron chi connectivity index (χ0n) is 10.3. The number of alkyl halides is 1. The van der Waals surface area contributed by atoms with Gasteiger partial charge in [-0.1, -0.05) is 12.1 Å². The number of esters is 1. The summed E-state index contributed by atoms with van der Waals surface area (Å²) in [7, 11) is 0. The Labute approximate surface area is 115 Å². The standard InChI is InChI=1S/C13H12ClNO4/c1-8(16)19-9(6-14)7-15-12(17)10-4-2-3-5-11(10)13(15)18/h2-5,9H,6-7H2,1H3/t9-/m1/s1. The zero-order valence-corrected chi connectivity index (χ0v) is 11.0. The second-order valence-corrected chi connectivity index (χ2v) is 4.46. The van der Waals surface area contributed by atoms with Crippen LogP contribution in [0.15, 0.2) is 24.3 Å². The minimum absolute atomic E-state index is 0.0208. The second-order valence-electron chi connectivity index (χ2n) is 4.15. The number of fused-ring (bicyclic) bond motifs is 1. The summed E-state index contributed by atoms with van der Waals surface area (Å²) < 4.78 is 4.94.